The van der Waals surface area contributed by atoms with Gasteiger partial charge in [0.05, 0.1) is 5.69 Å². The molecule has 0 atom stereocenters. The molecule has 0 bridgehead atoms. The molecule has 0 fully saturated rings. The van der Waals surface area contributed by atoms with E-state index in [1.807, 2.05) is 0 Å². The van der Waals surface area contributed by atoms with Crippen LogP contribution in [0.15, 0.2) is 0 Å². The molecule has 0 aliphatic heterocycles. The zero-order valence-electron chi connectivity index (χ0n) is 10.4. The van der Waals surface area contributed by atoms with Crippen LogP contribution in [0.3, 0.4) is 0 Å². The summed E-state index contributed by atoms with van der Waals surface area (Å²) in [7, 11) is 0. The first-order valence-corrected chi connectivity index (χ1v) is 6.03. The summed E-state index contributed by atoms with van der Waals surface area (Å²) in [5, 5.41) is 7.70. The minimum atomic E-state index is 0.461. The van der Waals surface area contributed by atoms with Gasteiger partial charge in [0.15, 0.2) is 0 Å². The van der Waals surface area contributed by atoms with E-state index < -0.39 is 0 Å². The average Bonchev–Trinajstić information content (AvgIpc) is 2.46. The van der Waals surface area contributed by atoms with E-state index in [1.54, 1.807) is 0 Å². The number of rotatable bonds is 2. The van der Waals surface area contributed by atoms with E-state index in [4.69, 9.17) is 0 Å². The summed E-state index contributed by atoms with van der Waals surface area (Å²) in [6.07, 6.45) is 4.76. The molecule has 1 aromatic heterocycles. The molecular formula is C13H22N2. The van der Waals surface area contributed by atoms with Crippen molar-refractivity contribution >= 4 is 0 Å². The summed E-state index contributed by atoms with van der Waals surface area (Å²) < 4.78 is 0. The number of aromatic amines is 1. The highest BCUT2D eigenvalue weighted by atomic mass is 15.1. The van der Waals surface area contributed by atoms with Crippen molar-refractivity contribution in [2.45, 2.75) is 53.4 Å². The number of nitrogens with one attached hydrogen (secondary N) is 1. The van der Waals surface area contributed by atoms with Crippen LogP contribution in [0, 0.1) is 11.3 Å². The highest BCUT2D eigenvalue weighted by molar-refractivity contribution is 5.29. The second-order valence-electron chi connectivity index (χ2n) is 6.07. The van der Waals surface area contributed by atoms with Gasteiger partial charge in [0.1, 0.15) is 0 Å². The van der Waals surface area contributed by atoms with E-state index in [0.717, 1.165) is 6.42 Å². The lowest BCUT2D eigenvalue weighted by Crippen LogP contribution is -2.22. The minimum Gasteiger partial charge on any atom is -0.282 e. The Morgan fingerprint density at radius 3 is 2.80 bits per heavy atom. The maximum Gasteiger partial charge on any atom is 0.0659 e. The van der Waals surface area contributed by atoms with Gasteiger partial charge in [0.2, 0.25) is 0 Å². The Morgan fingerprint density at radius 1 is 1.40 bits per heavy atom. The Labute approximate surface area is 92.5 Å². The summed E-state index contributed by atoms with van der Waals surface area (Å²) in [6.45, 7) is 9.24. The molecule has 0 unspecified atom stereocenters. The zero-order valence-corrected chi connectivity index (χ0v) is 10.4. The van der Waals surface area contributed by atoms with Crippen LogP contribution in [0.2, 0.25) is 0 Å². The van der Waals surface area contributed by atoms with Gasteiger partial charge in [-0.25, -0.2) is 0 Å². The van der Waals surface area contributed by atoms with Crippen molar-refractivity contribution in [2.24, 2.45) is 11.3 Å². The Bertz CT molecular complexity index is 347. The molecule has 0 spiro atoms. The van der Waals surface area contributed by atoms with E-state index >= 15 is 0 Å². The Kier molecular flexibility index (Phi) is 2.61. The summed E-state index contributed by atoms with van der Waals surface area (Å²) in [6, 6.07) is 0. The number of H-pyrrole nitrogens is 1. The SMILES string of the molecule is CC(C)Cc1n[nH]c2c1CC(C)(C)CC2. The predicted octanol–water partition coefficient (Wildman–Crippen LogP) is 3.12. The Hall–Kier alpha value is -0.790. The van der Waals surface area contributed by atoms with Gasteiger partial charge in [-0.1, -0.05) is 27.7 Å². The highest BCUT2D eigenvalue weighted by Crippen LogP contribution is 2.35. The van der Waals surface area contributed by atoms with Crippen LogP contribution in [0.1, 0.15) is 51.1 Å². The molecule has 2 rings (SSSR count). The third kappa shape index (κ3) is 2.24. The van der Waals surface area contributed by atoms with E-state index in [9.17, 15) is 0 Å². The molecule has 0 amide bonds. The fraction of sp³-hybridized carbons (Fsp3) is 0.769. The van der Waals surface area contributed by atoms with Gasteiger partial charge in [-0.2, -0.15) is 5.10 Å². The van der Waals surface area contributed by atoms with Gasteiger partial charge < -0.3 is 0 Å². The van der Waals surface area contributed by atoms with Crippen molar-refractivity contribution < 1.29 is 0 Å². The van der Waals surface area contributed by atoms with Crippen LogP contribution < -0.4 is 0 Å². The number of nitrogens with zero attached hydrogens (tertiary/aromatic N) is 1. The summed E-state index contributed by atoms with van der Waals surface area (Å²) in [4.78, 5) is 0. The summed E-state index contributed by atoms with van der Waals surface area (Å²) >= 11 is 0. The van der Waals surface area contributed by atoms with E-state index in [1.165, 1.54) is 36.2 Å². The monoisotopic (exact) mass is 206 g/mol. The fourth-order valence-electron chi connectivity index (χ4n) is 2.45. The molecule has 0 aromatic carbocycles. The molecule has 0 saturated carbocycles. The molecule has 0 radical (unpaired) electrons. The predicted molar refractivity (Wildman–Crippen MR) is 62.9 cm³/mol. The number of hydrogen-bond acceptors (Lipinski definition) is 1. The topological polar surface area (TPSA) is 28.7 Å². The molecule has 2 heteroatoms. The van der Waals surface area contributed by atoms with Crippen LogP contribution in [-0.2, 0) is 19.3 Å². The molecule has 1 aliphatic carbocycles. The number of hydrogen-bond donors (Lipinski definition) is 1. The maximum absolute atomic E-state index is 4.48. The minimum absolute atomic E-state index is 0.461. The van der Waals surface area contributed by atoms with Gasteiger partial charge in [-0.15, -0.1) is 0 Å². The molecule has 1 heterocycles. The lowest BCUT2D eigenvalue weighted by Gasteiger charge is -2.29. The molecule has 1 aromatic rings. The fourth-order valence-corrected chi connectivity index (χ4v) is 2.45. The first-order chi connectivity index (χ1) is 6.98. The standard InChI is InChI=1S/C13H22N2/c1-9(2)7-12-10-8-13(3,4)6-5-11(10)14-15-12/h9H,5-8H2,1-4H3,(H,14,15). The second kappa shape index (κ2) is 3.66. The highest BCUT2D eigenvalue weighted by Gasteiger charge is 2.28. The molecule has 0 saturated heterocycles. The molecule has 2 nitrogen and oxygen atoms in total. The van der Waals surface area contributed by atoms with Crippen LogP contribution in [-0.4, -0.2) is 10.2 Å². The van der Waals surface area contributed by atoms with Crippen molar-refractivity contribution in [1.82, 2.24) is 10.2 Å². The second-order valence-corrected chi connectivity index (χ2v) is 6.07. The lowest BCUT2D eigenvalue weighted by molar-refractivity contribution is 0.313. The first kappa shape index (κ1) is 10.7. The Morgan fingerprint density at radius 2 is 2.13 bits per heavy atom. The Balaban J connectivity index is 2.25. The van der Waals surface area contributed by atoms with Crippen LogP contribution >= 0.6 is 0 Å². The van der Waals surface area contributed by atoms with Crippen molar-refractivity contribution in [2.75, 3.05) is 0 Å². The van der Waals surface area contributed by atoms with Gasteiger partial charge in [-0.05, 0) is 42.6 Å². The van der Waals surface area contributed by atoms with Gasteiger partial charge >= 0.3 is 0 Å². The summed E-state index contributed by atoms with van der Waals surface area (Å²) in [5.41, 5.74) is 4.68. The van der Waals surface area contributed by atoms with Crippen molar-refractivity contribution in [3.63, 3.8) is 0 Å². The van der Waals surface area contributed by atoms with Crippen LogP contribution in [0.4, 0.5) is 0 Å². The van der Waals surface area contributed by atoms with E-state index in [-0.39, 0.29) is 0 Å². The average molecular weight is 206 g/mol. The third-order valence-electron chi connectivity index (χ3n) is 3.35. The van der Waals surface area contributed by atoms with Gasteiger partial charge in [0, 0.05) is 5.69 Å². The van der Waals surface area contributed by atoms with Crippen LogP contribution in [0.25, 0.3) is 0 Å². The summed E-state index contributed by atoms with van der Waals surface area (Å²) in [5.74, 6) is 0.697. The van der Waals surface area contributed by atoms with Crippen LogP contribution in [0.5, 0.6) is 0 Å². The maximum atomic E-state index is 4.48. The third-order valence-corrected chi connectivity index (χ3v) is 3.35. The van der Waals surface area contributed by atoms with E-state index in [0.29, 0.717) is 11.3 Å². The molecule has 15 heavy (non-hydrogen) atoms. The molecule has 1 aliphatic rings. The molecular weight excluding hydrogens is 184 g/mol. The number of aromatic nitrogens is 2. The van der Waals surface area contributed by atoms with Crippen molar-refractivity contribution in [1.29, 1.82) is 0 Å². The van der Waals surface area contributed by atoms with E-state index in [2.05, 4.69) is 37.9 Å². The molecule has 1 N–H and O–H groups in total. The quantitative estimate of drug-likeness (QED) is 0.791. The lowest BCUT2D eigenvalue weighted by atomic mass is 9.75. The van der Waals surface area contributed by atoms with Gasteiger partial charge in [-0.3, -0.25) is 5.10 Å². The largest absolute Gasteiger partial charge is 0.282 e. The normalized spacial score (nSPS) is 19.3. The smallest absolute Gasteiger partial charge is 0.0659 e. The molecule has 84 valence electrons. The number of fused-ring (bicyclic) bond motifs is 1. The number of aryl methyl sites for hydroxylation is 1. The van der Waals surface area contributed by atoms with Crippen molar-refractivity contribution in [3.8, 4) is 0 Å². The van der Waals surface area contributed by atoms with Gasteiger partial charge in [0.25, 0.3) is 0 Å². The first-order valence-electron chi connectivity index (χ1n) is 6.03. The zero-order chi connectivity index (χ0) is 11.1. The van der Waals surface area contributed by atoms with Crippen molar-refractivity contribution in [3.05, 3.63) is 17.0 Å².